The highest BCUT2D eigenvalue weighted by atomic mass is 16.4. The normalized spacial score (nSPS) is 23.8. The Morgan fingerprint density at radius 3 is 3.00 bits per heavy atom. The van der Waals surface area contributed by atoms with Crippen LogP contribution in [0.5, 0.6) is 0 Å². The molecule has 0 aliphatic heterocycles. The lowest BCUT2D eigenvalue weighted by Gasteiger charge is -2.35. The number of hydrogen-bond donors (Lipinski definition) is 1. The van der Waals surface area contributed by atoms with Crippen molar-refractivity contribution in [3.8, 4) is 0 Å². The van der Waals surface area contributed by atoms with Gasteiger partial charge < -0.3 is 9.73 Å². The van der Waals surface area contributed by atoms with E-state index in [0.717, 1.165) is 24.6 Å². The molecule has 1 saturated carbocycles. The minimum absolute atomic E-state index is 0.487. The number of oxazole rings is 1. The van der Waals surface area contributed by atoms with Gasteiger partial charge in [-0.05, 0) is 24.7 Å². The summed E-state index contributed by atoms with van der Waals surface area (Å²) in [5.74, 6) is 1.80. The van der Waals surface area contributed by atoms with E-state index < -0.39 is 0 Å². The van der Waals surface area contributed by atoms with E-state index in [1.54, 1.807) is 0 Å². The van der Waals surface area contributed by atoms with Crippen LogP contribution in [0.25, 0.3) is 0 Å². The first-order valence-corrected chi connectivity index (χ1v) is 6.76. The summed E-state index contributed by atoms with van der Waals surface area (Å²) in [7, 11) is 0. The van der Waals surface area contributed by atoms with Crippen molar-refractivity contribution in [3.05, 3.63) is 17.8 Å². The van der Waals surface area contributed by atoms with Gasteiger partial charge in [-0.3, -0.25) is 0 Å². The van der Waals surface area contributed by atoms with Crippen LogP contribution in [0.15, 0.2) is 10.6 Å². The minimum Gasteiger partial charge on any atom is -0.444 e. The summed E-state index contributed by atoms with van der Waals surface area (Å²) in [5.41, 5.74) is 0.487. The molecule has 0 spiro atoms. The molecule has 1 heterocycles. The first kappa shape index (κ1) is 12.6. The quantitative estimate of drug-likeness (QED) is 0.871. The summed E-state index contributed by atoms with van der Waals surface area (Å²) in [4.78, 5) is 4.28. The average Bonchev–Trinajstić information content (AvgIpc) is 2.73. The lowest BCUT2D eigenvalue weighted by molar-refractivity contribution is 0.195. The second kappa shape index (κ2) is 5.21. The van der Waals surface area contributed by atoms with Crippen molar-refractivity contribution in [3.63, 3.8) is 0 Å². The van der Waals surface area contributed by atoms with Gasteiger partial charge in [0.15, 0.2) is 0 Å². The Morgan fingerprint density at radius 2 is 2.35 bits per heavy atom. The Labute approximate surface area is 104 Å². The molecule has 0 saturated heterocycles. The van der Waals surface area contributed by atoms with Crippen LogP contribution in [0.2, 0.25) is 0 Å². The van der Waals surface area contributed by atoms with Crippen molar-refractivity contribution in [2.45, 2.75) is 65.5 Å². The molecule has 17 heavy (non-hydrogen) atoms. The predicted octanol–water partition coefficient (Wildman–Crippen LogP) is 3.30. The van der Waals surface area contributed by atoms with Crippen molar-refractivity contribution in [2.24, 2.45) is 5.41 Å². The zero-order valence-electron chi connectivity index (χ0n) is 11.3. The highest BCUT2D eigenvalue weighted by Gasteiger charge is 2.27. The van der Waals surface area contributed by atoms with Crippen LogP contribution >= 0.6 is 0 Å². The van der Waals surface area contributed by atoms with Crippen LogP contribution < -0.4 is 5.32 Å². The number of hydrogen-bond acceptors (Lipinski definition) is 3. The van der Waals surface area contributed by atoms with Crippen molar-refractivity contribution >= 4 is 0 Å². The van der Waals surface area contributed by atoms with Crippen LogP contribution in [0.3, 0.4) is 0 Å². The van der Waals surface area contributed by atoms with E-state index in [2.05, 4.69) is 31.1 Å². The van der Waals surface area contributed by atoms with Crippen molar-refractivity contribution in [2.75, 3.05) is 0 Å². The maximum absolute atomic E-state index is 5.60. The van der Waals surface area contributed by atoms with Crippen molar-refractivity contribution in [1.82, 2.24) is 10.3 Å². The molecular formula is C14H24N2O. The molecule has 3 heteroatoms. The maximum Gasteiger partial charge on any atom is 0.208 e. The fourth-order valence-corrected chi connectivity index (χ4v) is 2.70. The molecule has 1 unspecified atom stereocenters. The summed E-state index contributed by atoms with van der Waals surface area (Å²) in [6, 6.07) is 0.621. The summed E-state index contributed by atoms with van der Waals surface area (Å²) in [5, 5.41) is 3.57. The van der Waals surface area contributed by atoms with Crippen molar-refractivity contribution in [1.29, 1.82) is 0 Å². The van der Waals surface area contributed by atoms with Gasteiger partial charge in [-0.2, -0.15) is 0 Å². The third kappa shape index (κ3) is 3.56. The monoisotopic (exact) mass is 236 g/mol. The van der Waals surface area contributed by atoms with Gasteiger partial charge in [0.2, 0.25) is 5.89 Å². The third-order valence-electron chi connectivity index (χ3n) is 3.70. The van der Waals surface area contributed by atoms with E-state index in [1.807, 2.05) is 6.20 Å². The van der Waals surface area contributed by atoms with Gasteiger partial charge >= 0.3 is 0 Å². The lowest BCUT2D eigenvalue weighted by Crippen LogP contribution is -2.36. The molecule has 1 aromatic rings. The Bertz CT molecular complexity index is 357. The molecule has 1 atom stereocenters. The van der Waals surface area contributed by atoms with Gasteiger partial charge in [0, 0.05) is 12.5 Å². The van der Waals surface area contributed by atoms with E-state index in [4.69, 9.17) is 4.42 Å². The van der Waals surface area contributed by atoms with Gasteiger partial charge in [0.05, 0.1) is 12.7 Å². The predicted molar refractivity (Wildman–Crippen MR) is 68.8 cm³/mol. The van der Waals surface area contributed by atoms with E-state index in [-0.39, 0.29) is 0 Å². The molecular weight excluding hydrogens is 212 g/mol. The van der Waals surface area contributed by atoms with Crippen LogP contribution in [-0.4, -0.2) is 11.0 Å². The van der Waals surface area contributed by atoms with Gasteiger partial charge in [-0.25, -0.2) is 4.98 Å². The highest BCUT2D eigenvalue weighted by Crippen LogP contribution is 2.35. The zero-order chi connectivity index (χ0) is 12.3. The standard InChI is InChI=1S/C14H24N2O/c1-4-12-9-16-13(17-12)10-15-11-6-5-7-14(2,3)8-11/h9,11,15H,4-8,10H2,1-3H3. The Kier molecular flexibility index (Phi) is 3.87. The lowest BCUT2D eigenvalue weighted by atomic mass is 9.75. The van der Waals surface area contributed by atoms with E-state index >= 15 is 0 Å². The van der Waals surface area contributed by atoms with Crippen LogP contribution in [-0.2, 0) is 13.0 Å². The Balaban J connectivity index is 1.81. The molecule has 1 N–H and O–H groups in total. The summed E-state index contributed by atoms with van der Waals surface area (Å²) in [6.45, 7) is 7.57. The van der Waals surface area contributed by atoms with E-state index in [9.17, 15) is 0 Å². The highest BCUT2D eigenvalue weighted by molar-refractivity contribution is 4.94. The van der Waals surface area contributed by atoms with Crippen molar-refractivity contribution < 1.29 is 4.42 Å². The fraction of sp³-hybridized carbons (Fsp3) is 0.786. The maximum atomic E-state index is 5.60. The number of aromatic nitrogens is 1. The molecule has 3 nitrogen and oxygen atoms in total. The second-order valence-electron chi connectivity index (χ2n) is 5.91. The largest absolute Gasteiger partial charge is 0.444 e. The van der Waals surface area contributed by atoms with E-state index in [0.29, 0.717) is 11.5 Å². The van der Waals surface area contributed by atoms with Gasteiger partial charge in [0.1, 0.15) is 5.76 Å². The number of nitrogens with zero attached hydrogens (tertiary/aromatic N) is 1. The summed E-state index contributed by atoms with van der Waals surface area (Å²) in [6.07, 6.45) is 7.98. The molecule has 0 aromatic carbocycles. The van der Waals surface area contributed by atoms with Gasteiger partial charge in [0.25, 0.3) is 0 Å². The first-order valence-electron chi connectivity index (χ1n) is 6.76. The number of nitrogens with one attached hydrogen (secondary N) is 1. The topological polar surface area (TPSA) is 38.1 Å². The zero-order valence-corrected chi connectivity index (χ0v) is 11.3. The third-order valence-corrected chi connectivity index (χ3v) is 3.70. The average molecular weight is 236 g/mol. The molecule has 0 radical (unpaired) electrons. The van der Waals surface area contributed by atoms with Crippen LogP contribution in [0.1, 0.15) is 58.1 Å². The molecule has 0 bridgehead atoms. The minimum atomic E-state index is 0.487. The molecule has 1 aromatic heterocycles. The molecule has 2 rings (SSSR count). The summed E-state index contributed by atoms with van der Waals surface area (Å²) >= 11 is 0. The summed E-state index contributed by atoms with van der Waals surface area (Å²) < 4.78 is 5.60. The van der Waals surface area contributed by atoms with Gasteiger partial charge in [-0.15, -0.1) is 0 Å². The molecule has 1 aliphatic carbocycles. The first-order chi connectivity index (χ1) is 8.09. The Morgan fingerprint density at radius 1 is 1.53 bits per heavy atom. The SMILES string of the molecule is CCc1cnc(CNC2CCCC(C)(C)C2)o1. The second-order valence-corrected chi connectivity index (χ2v) is 5.91. The molecule has 0 amide bonds. The molecule has 96 valence electrons. The smallest absolute Gasteiger partial charge is 0.208 e. The Hall–Kier alpha value is -0.830. The van der Waals surface area contributed by atoms with Crippen LogP contribution in [0.4, 0.5) is 0 Å². The number of rotatable bonds is 4. The fourth-order valence-electron chi connectivity index (χ4n) is 2.70. The number of aryl methyl sites for hydroxylation is 1. The van der Waals surface area contributed by atoms with E-state index in [1.165, 1.54) is 25.7 Å². The molecule has 1 aliphatic rings. The van der Waals surface area contributed by atoms with Gasteiger partial charge in [-0.1, -0.05) is 27.2 Å². The van der Waals surface area contributed by atoms with Crippen LogP contribution in [0, 0.1) is 5.41 Å². The molecule has 1 fully saturated rings.